The Labute approximate surface area is 461 Å². The first kappa shape index (κ1) is 70.8. The molecular weight excluding hydrogens is 1020 g/mol. The summed E-state index contributed by atoms with van der Waals surface area (Å²) in [5.41, 5.74) is -1.09. The smallest absolute Gasteiger partial charge is 0.410 e. The largest absolute Gasteiger partial charge is 0.465 e. The minimum Gasteiger partial charge on any atom is -0.465 e. The molecule has 4 heterocycles. The molecule has 19 nitrogen and oxygen atoms in total. The van der Waals surface area contributed by atoms with Crippen LogP contribution in [0.25, 0.3) is 0 Å². The summed E-state index contributed by atoms with van der Waals surface area (Å²) >= 11 is 0. The van der Waals surface area contributed by atoms with Crippen LogP contribution in [0.1, 0.15) is 176 Å². The summed E-state index contributed by atoms with van der Waals surface area (Å²) in [7, 11) is 0. The number of allylic oxidation sites excluding steroid dienone is 1. The Hall–Kier alpha value is -4.26. The zero-order valence-corrected chi connectivity index (χ0v) is 47.9. The Morgan fingerprint density at radius 1 is 0.534 bits per heavy atom. The van der Waals surface area contributed by atoms with Crippen molar-refractivity contribution in [3.63, 3.8) is 0 Å². The minimum atomic E-state index is -0.888. The molecule has 1 radical (unpaired) electrons. The number of carbonyl (C=O) groups is 10. The second-order valence-corrected chi connectivity index (χ2v) is 22.4. The Bertz CT molecular complexity index is 1890. The van der Waals surface area contributed by atoms with Crippen LogP contribution >= 0.6 is 0 Å². The van der Waals surface area contributed by atoms with Gasteiger partial charge in [-0.15, -0.1) is 0 Å². The molecule has 5 fully saturated rings. The molecule has 5 rings (SSSR count). The topological polar surface area (TPSA) is 230 Å². The molecule has 1 aliphatic carbocycles. The van der Waals surface area contributed by atoms with Gasteiger partial charge in [0.15, 0.2) is 11.6 Å². The second-order valence-electron chi connectivity index (χ2n) is 22.4. The predicted molar refractivity (Wildman–Crippen MR) is 272 cm³/mol. The third-order valence-electron chi connectivity index (χ3n) is 11.1. The number of hydrogen-bond acceptors (Lipinski definition) is 15. The molecule has 0 N–H and O–H groups in total. The Morgan fingerprint density at radius 2 is 0.877 bits per heavy atom. The molecule has 4 saturated heterocycles. The number of piperidine rings is 4. The van der Waals surface area contributed by atoms with Gasteiger partial charge in [0.25, 0.3) is 0 Å². The first-order valence-corrected chi connectivity index (χ1v) is 24.5. The summed E-state index contributed by atoms with van der Waals surface area (Å²) in [5, 5.41) is 0. The molecule has 1 unspecified atom stereocenters. The maximum Gasteiger partial charge on any atom is 0.410 e. The van der Waals surface area contributed by atoms with Crippen LogP contribution in [0.4, 0.5) is 19.2 Å². The van der Waals surface area contributed by atoms with E-state index in [1.54, 1.807) is 55.4 Å². The van der Waals surface area contributed by atoms with Gasteiger partial charge in [-0.2, -0.15) is 0 Å². The van der Waals surface area contributed by atoms with Crippen molar-refractivity contribution >= 4 is 59.3 Å². The number of esters is 1. The fourth-order valence-electron chi connectivity index (χ4n) is 7.86. The Kier molecular flexibility index (Phi) is 30.0. The van der Waals surface area contributed by atoms with Gasteiger partial charge in [0.1, 0.15) is 45.7 Å². The molecule has 1 atom stereocenters. The summed E-state index contributed by atoms with van der Waals surface area (Å²) in [4.78, 5) is 122. The van der Waals surface area contributed by atoms with Gasteiger partial charge >= 0.3 is 30.3 Å². The number of likely N-dealkylation sites (tertiary alicyclic amines) is 4. The van der Waals surface area contributed by atoms with Crippen molar-refractivity contribution in [1.82, 2.24) is 19.6 Å². The Balaban J connectivity index is 0. The molecule has 415 valence electrons. The molecule has 1 saturated carbocycles. The number of carbonyl (C=O) groups excluding carboxylic acids is 10. The van der Waals surface area contributed by atoms with E-state index in [4.69, 9.17) is 23.7 Å². The summed E-state index contributed by atoms with van der Waals surface area (Å²) < 4.78 is 25.9. The molecule has 0 bridgehead atoms. The van der Waals surface area contributed by atoms with Gasteiger partial charge in [0.05, 0.1) is 13.0 Å². The van der Waals surface area contributed by atoms with Crippen LogP contribution in [0.15, 0.2) is 11.6 Å². The van der Waals surface area contributed by atoms with E-state index in [1.165, 1.54) is 4.90 Å². The molecule has 0 aromatic heterocycles. The summed E-state index contributed by atoms with van der Waals surface area (Å²) in [5.74, 6) is -1.24. The van der Waals surface area contributed by atoms with Gasteiger partial charge in [-0.05, 0) is 134 Å². The maximum absolute atomic E-state index is 12.0. The van der Waals surface area contributed by atoms with Crippen molar-refractivity contribution in [3.8, 4) is 0 Å². The van der Waals surface area contributed by atoms with E-state index in [-0.39, 0.29) is 133 Å². The molecule has 73 heavy (non-hydrogen) atoms. The summed E-state index contributed by atoms with van der Waals surface area (Å²) in [6, 6.07) is 0. The number of nitrogens with zero attached hydrogens (tertiary/aromatic N) is 4. The quantitative estimate of drug-likeness (QED) is 0.111. The summed E-state index contributed by atoms with van der Waals surface area (Å²) in [6.45, 7) is 29.0. The minimum absolute atomic E-state index is 0. The van der Waals surface area contributed by atoms with E-state index in [9.17, 15) is 47.9 Å². The van der Waals surface area contributed by atoms with Crippen molar-refractivity contribution in [2.75, 3.05) is 59.0 Å². The van der Waals surface area contributed by atoms with Crippen molar-refractivity contribution in [1.29, 1.82) is 0 Å². The number of rotatable bonds is 3. The molecule has 20 heteroatoms. The molecule has 5 aliphatic rings. The van der Waals surface area contributed by atoms with E-state index in [0.29, 0.717) is 77.8 Å². The average Bonchev–Trinajstić information content (AvgIpc) is 3.19. The zero-order chi connectivity index (χ0) is 53.4. The SMILES string of the molecule is C.C.CC(=O)C=C1CCN(C(=O)OC(C)(C)C)CC1.CC(C)(C)OC(=O)N1CCC(=O)CC1.CC(C)(C)OC(=O)N1CCC2(CC1)CC(=O)CC(=O)C2.CCOC(=O)C1CN(C(=O)OC(C)(C)C)CCC1=O.[Y]. The summed E-state index contributed by atoms with van der Waals surface area (Å²) in [6.07, 6.45) is 5.37. The van der Waals surface area contributed by atoms with E-state index >= 15 is 0 Å². The van der Waals surface area contributed by atoms with Crippen LogP contribution in [0.5, 0.6) is 0 Å². The van der Waals surface area contributed by atoms with Gasteiger partial charge in [-0.25, -0.2) is 19.2 Å². The average molecular weight is 1110 g/mol. The van der Waals surface area contributed by atoms with Crippen molar-refractivity contribution < 1.29 is 104 Å². The predicted octanol–water partition coefficient (Wildman–Crippen LogP) is 9.09. The zero-order valence-electron chi connectivity index (χ0n) is 45.1. The molecule has 4 aliphatic heterocycles. The van der Waals surface area contributed by atoms with Crippen LogP contribution in [0, 0.1) is 11.3 Å². The number of hydrogen-bond donors (Lipinski definition) is 0. The number of Topliss-reactive ketones (excluding diaryl/α,β-unsaturated/α-hetero) is 4. The third kappa shape index (κ3) is 28.3. The van der Waals surface area contributed by atoms with Gasteiger partial charge in [0.2, 0.25) is 0 Å². The third-order valence-corrected chi connectivity index (χ3v) is 11.1. The monoisotopic (exact) mass is 1110 g/mol. The van der Waals surface area contributed by atoms with Crippen LogP contribution < -0.4 is 0 Å². The molecular formula is C53H90N4O15Y. The molecule has 4 amide bonds. The van der Waals surface area contributed by atoms with Crippen LogP contribution in [-0.2, 0) is 85.2 Å². The first-order valence-electron chi connectivity index (χ1n) is 24.5. The molecule has 0 aromatic rings. The van der Waals surface area contributed by atoms with E-state index in [2.05, 4.69) is 0 Å². The van der Waals surface area contributed by atoms with Crippen LogP contribution in [-0.4, -0.2) is 160 Å². The normalized spacial score (nSPS) is 18.9. The van der Waals surface area contributed by atoms with Crippen LogP contribution in [0.3, 0.4) is 0 Å². The first-order chi connectivity index (χ1) is 32.1. The van der Waals surface area contributed by atoms with Gasteiger partial charge in [0, 0.05) is 117 Å². The van der Waals surface area contributed by atoms with Gasteiger partial charge < -0.3 is 43.3 Å². The second kappa shape index (κ2) is 31.0. The Morgan fingerprint density at radius 3 is 1.23 bits per heavy atom. The van der Waals surface area contributed by atoms with E-state index < -0.39 is 40.4 Å². The van der Waals surface area contributed by atoms with E-state index in [0.717, 1.165) is 18.4 Å². The fraction of sp³-hybridized carbons (Fsp3) is 0.774. The standard InChI is InChI=1S/C15H23NO4.C13H21NO5.C13H21NO3.C10H17NO3.2CH4.Y/c1-14(2,3)20-13(19)16-6-4-15(5-7-16)9-11(17)8-12(18)10-15;1-5-18-11(16)9-8-14(7-6-10(9)15)12(17)19-13(2,3)4;1-10(15)9-11-5-7-14(8-6-11)12(16)17-13(2,3)4;1-10(2,3)14-9(13)11-6-4-8(12)5-7-11;;;/h4-10H2,1-3H3;9H,5-8H2,1-4H3;9H,5-8H2,1-4H3;4-7H2,1-3H3;2*1H4;. The van der Waals surface area contributed by atoms with Gasteiger partial charge in [-0.3, -0.25) is 28.8 Å². The molecule has 0 aromatic carbocycles. The maximum atomic E-state index is 12.0. The van der Waals surface area contributed by atoms with Crippen molar-refractivity contribution in [3.05, 3.63) is 11.6 Å². The number of ketones is 5. The number of amides is 4. The van der Waals surface area contributed by atoms with Gasteiger partial charge in [-0.1, -0.05) is 20.4 Å². The fourth-order valence-corrected chi connectivity index (χ4v) is 7.86. The number of ether oxygens (including phenoxy) is 5. The van der Waals surface area contributed by atoms with Crippen molar-refractivity contribution in [2.24, 2.45) is 11.3 Å². The van der Waals surface area contributed by atoms with Crippen LogP contribution in [0.2, 0.25) is 0 Å². The van der Waals surface area contributed by atoms with E-state index in [1.807, 2.05) is 62.3 Å². The van der Waals surface area contributed by atoms with Crippen molar-refractivity contribution in [2.45, 2.75) is 198 Å². The molecule has 1 spiro atoms.